The molecule has 0 spiro atoms. The molecule has 0 unspecified atom stereocenters. The van der Waals surface area contributed by atoms with Crippen molar-refractivity contribution in [3.8, 4) is 11.5 Å². The summed E-state index contributed by atoms with van der Waals surface area (Å²) in [6, 6.07) is 18.8. The lowest BCUT2D eigenvalue weighted by molar-refractivity contribution is 0.319. The molecule has 0 fully saturated rings. The molecule has 0 bridgehead atoms. The molecule has 0 amide bonds. The molecule has 0 atom stereocenters. The van der Waals surface area contributed by atoms with Crippen molar-refractivity contribution in [1.29, 1.82) is 0 Å². The molecule has 0 N–H and O–H groups in total. The van der Waals surface area contributed by atoms with Crippen LogP contribution in [0.3, 0.4) is 0 Å². The summed E-state index contributed by atoms with van der Waals surface area (Å²) in [5, 5.41) is 0. The minimum Gasteiger partial charge on any atom is -0.496 e. The van der Waals surface area contributed by atoms with E-state index in [1.165, 1.54) is 5.56 Å². The normalized spacial score (nSPS) is 9.94. The molecule has 2 rings (SSSR count). The van der Waals surface area contributed by atoms with Gasteiger partial charge >= 0.3 is 0 Å². The zero-order valence-corrected chi connectivity index (χ0v) is 9.85. The Morgan fingerprint density at radius 3 is 2.71 bits per heavy atom. The molecule has 2 aromatic carbocycles. The summed E-state index contributed by atoms with van der Waals surface area (Å²) in [5.41, 5.74) is 1.28. The van der Waals surface area contributed by atoms with Gasteiger partial charge in [0.15, 0.2) is 0 Å². The highest BCUT2D eigenvalue weighted by Gasteiger charge is 1.97. The second-order valence-corrected chi connectivity index (χ2v) is 3.68. The third-order valence-corrected chi connectivity index (χ3v) is 2.47. The molecular weight excluding hydrogens is 212 g/mol. The molecule has 0 heterocycles. The van der Waals surface area contributed by atoms with Crippen LogP contribution in [0.15, 0.2) is 48.5 Å². The van der Waals surface area contributed by atoms with Crippen LogP contribution in [0.4, 0.5) is 0 Å². The molecule has 87 valence electrons. The summed E-state index contributed by atoms with van der Waals surface area (Å²) < 4.78 is 10.7. The van der Waals surface area contributed by atoms with Gasteiger partial charge in [0, 0.05) is 18.6 Å². The molecule has 0 aliphatic heterocycles. The van der Waals surface area contributed by atoms with Crippen molar-refractivity contribution in [2.45, 2.75) is 6.42 Å². The SMILES string of the molecule is COc1[c]ccc(OCCc2ccccc2)c1. The number of hydrogen-bond donors (Lipinski definition) is 0. The van der Waals surface area contributed by atoms with Crippen molar-refractivity contribution in [3.63, 3.8) is 0 Å². The van der Waals surface area contributed by atoms with Gasteiger partial charge in [0.25, 0.3) is 0 Å². The van der Waals surface area contributed by atoms with Crippen LogP contribution in [0, 0.1) is 6.07 Å². The molecule has 0 aromatic heterocycles. The lowest BCUT2D eigenvalue weighted by Gasteiger charge is -2.07. The number of hydrogen-bond acceptors (Lipinski definition) is 2. The smallest absolute Gasteiger partial charge is 0.130 e. The second-order valence-electron chi connectivity index (χ2n) is 3.68. The fraction of sp³-hybridized carbons (Fsp3) is 0.200. The lowest BCUT2D eigenvalue weighted by Crippen LogP contribution is -2.01. The van der Waals surface area contributed by atoms with E-state index >= 15 is 0 Å². The maximum Gasteiger partial charge on any atom is 0.130 e. The van der Waals surface area contributed by atoms with E-state index in [0.717, 1.165) is 12.2 Å². The number of benzene rings is 2. The standard InChI is InChI=1S/C15H15O2/c1-16-14-8-5-9-15(12-14)17-11-10-13-6-3-2-4-7-13/h2-7,9,12H,10-11H2,1H3. The van der Waals surface area contributed by atoms with Crippen LogP contribution < -0.4 is 9.47 Å². The summed E-state index contributed by atoms with van der Waals surface area (Å²) >= 11 is 0. The first-order valence-corrected chi connectivity index (χ1v) is 5.61. The Labute approximate surface area is 102 Å². The van der Waals surface area contributed by atoms with E-state index in [4.69, 9.17) is 9.47 Å². The van der Waals surface area contributed by atoms with Gasteiger partial charge in [-0.15, -0.1) is 0 Å². The molecule has 0 aliphatic carbocycles. The quantitative estimate of drug-likeness (QED) is 0.781. The average Bonchev–Trinajstić information content (AvgIpc) is 2.40. The molecule has 1 radical (unpaired) electrons. The van der Waals surface area contributed by atoms with Crippen LogP contribution >= 0.6 is 0 Å². The largest absolute Gasteiger partial charge is 0.496 e. The monoisotopic (exact) mass is 227 g/mol. The number of rotatable bonds is 5. The van der Waals surface area contributed by atoms with E-state index < -0.39 is 0 Å². The van der Waals surface area contributed by atoms with Crippen molar-refractivity contribution in [1.82, 2.24) is 0 Å². The predicted molar refractivity (Wildman–Crippen MR) is 67.5 cm³/mol. The van der Waals surface area contributed by atoms with Crippen LogP contribution in [0.5, 0.6) is 11.5 Å². The maximum atomic E-state index is 5.65. The summed E-state index contributed by atoms with van der Waals surface area (Å²) in [7, 11) is 1.62. The van der Waals surface area contributed by atoms with Gasteiger partial charge in [-0.3, -0.25) is 0 Å². The first kappa shape index (κ1) is 11.5. The van der Waals surface area contributed by atoms with Gasteiger partial charge in [0.1, 0.15) is 11.5 Å². The fourth-order valence-corrected chi connectivity index (χ4v) is 1.56. The van der Waals surface area contributed by atoms with Crippen molar-refractivity contribution in [3.05, 3.63) is 60.2 Å². The van der Waals surface area contributed by atoms with Gasteiger partial charge < -0.3 is 9.47 Å². The van der Waals surface area contributed by atoms with Gasteiger partial charge in [-0.25, -0.2) is 0 Å². The summed E-state index contributed by atoms with van der Waals surface area (Å²) in [6.07, 6.45) is 0.905. The average molecular weight is 227 g/mol. The molecule has 17 heavy (non-hydrogen) atoms. The molecule has 0 saturated carbocycles. The van der Waals surface area contributed by atoms with Gasteiger partial charge in [0.2, 0.25) is 0 Å². The first-order valence-electron chi connectivity index (χ1n) is 5.61. The zero-order chi connectivity index (χ0) is 11.9. The number of ether oxygens (including phenoxy) is 2. The predicted octanol–water partition coefficient (Wildman–Crippen LogP) is 3.12. The highest BCUT2D eigenvalue weighted by Crippen LogP contribution is 2.18. The van der Waals surface area contributed by atoms with E-state index in [0.29, 0.717) is 12.4 Å². The Kier molecular flexibility index (Phi) is 4.03. The minimum atomic E-state index is 0.664. The van der Waals surface area contributed by atoms with Crippen molar-refractivity contribution in [2.75, 3.05) is 13.7 Å². The Bertz CT molecular complexity index is 451. The van der Waals surface area contributed by atoms with Crippen molar-refractivity contribution < 1.29 is 9.47 Å². The molecular formula is C15H15O2. The van der Waals surface area contributed by atoms with Gasteiger partial charge in [-0.2, -0.15) is 0 Å². The van der Waals surface area contributed by atoms with E-state index in [2.05, 4.69) is 18.2 Å². The van der Waals surface area contributed by atoms with E-state index in [9.17, 15) is 0 Å². The Morgan fingerprint density at radius 1 is 1.12 bits per heavy atom. The third kappa shape index (κ3) is 3.52. The molecule has 2 nitrogen and oxygen atoms in total. The van der Waals surface area contributed by atoms with Crippen LogP contribution in [0.1, 0.15) is 5.56 Å². The van der Waals surface area contributed by atoms with Gasteiger partial charge in [-0.1, -0.05) is 30.3 Å². The maximum absolute atomic E-state index is 5.65. The van der Waals surface area contributed by atoms with Crippen LogP contribution in [0.25, 0.3) is 0 Å². The highest BCUT2D eigenvalue weighted by molar-refractivity contribution is 5.31. The van der Waals surface area contributed by atoms with Crippen LogP contribution in [0.2, 0.25) is 0 Å². The molecule has 2 aromatic rings. The van der Waals surface area contributed by atoms with Gasteiger partial charge in [0.05, 0.1) is 13.7 Å². The summed E-state index contributed by atoms with van der Waals surface area (Å²) in [6.45, 7) is 0.664. The van der Waals surface area contributed by atoms with Crippen molar-refractivity contribution >= 4 is 0 Å². The van der Waals surface area contributed by atoms with E-state index in [1.807, 2.05) is 30.3 Å². The Balaban J connectivity index is 1.86. The topological polar surface area (TPSA) is 18.5 Å². The third-order valence-electron chi connectivity index (χ3n) is 2.47. The van der Waals surface area contributed by atoms with Gasteiger partial charge in [-0.05, 0) is 17.7 Å². The highest BCUT2D eigenvalue weighted by atomic mass is 16.5. The van der Waals surface area contributed by atoms with E-state index in [-0.39, 0.29) is 0 Å². The summed E-state index contributed by atoms with van der Waals surface area (Å²) in [5.74, 6) is 1.51. The number of methoxy groups -OCH3 is 1. The summed E-state index contributed by atoms with van der Waals surface area (Å²) in [4.78, 5) is 0. The zero-order valence-electron chi connectivity index (χ0n) is 9.85. The van der Waals surface area contributed by atoms with Crippen molar-refractivity contribution in [2.24, 2.45) is 0 Å². The first-order chi connectivity index (χ1) is 8.38. The Morgan fingerprint density at radius 2 is 1.94 bits per heavy atom. The Hall–Kier alpha value is -1.96. The van der Waals surface area contributed by atoms with Crippen LogP contribution in [-0.4, -0.2) is 13.7 Å². The fourth-order valence-electron chi connectivity index (χ4n) is 1.56. The molecule has 0 saturated heterocycles. The second kappa shape index (κ2) is 5.94. The van der Waals surface area contributed by atoms with E-state index in [1.54, 1.807) is 13.2 Å². The molecule has 2 heteroatoms. The van der Waals surface area contributed by atoms with Crippen LogP contribution in [-0.2, 0) is 6.42 Å². The molecule has 0 aliphatic rings. The lowest BCUT2D eigenvalue weighted by atomic mass is 10.2. The minimum absolute atomic E-state index is 0.664.